The van der Waals surface area contributed by atoms with Gasteiger partial charge in [0.15, 0.2) is 5.17 Å². The Hall–Kier alpha value is -2.80. The molecule has 1 aliphatic rings. The number of hydrogen-bond acceptors (Lipinski definition) is 6. The van der Waals surface area contributed by atoms with Crippen LogP contribution in [0.2, 0.25) is 0 Å². The maximum atomic E-state index is 12.2. The second kappa shape index (κ2) is 8.73. The first-order valence-electron chi connectivity index (χ1n) is 8.43. The van der Waals surface area contributed by atoms with E-state index >= 15 is 0 Å². The predicted octanol–water partition coefficient (Wildman–Crippen LogP) is 3.48. The maximum absolute atomic E-state index is 12.2. The number of nitrogens with zero attached hydrogens (tertiary/aromatic N) is 3. The minimum atomic E-state index is 0.0410. The molecular weight excluding hydrogens is 362 g/mol. The van der Waals surface area contributed by atoms with E-state index in [0.717, 1.165) is 16.7 Å². The van der Waals surface area contributed by atoms with Gasteiger partial charge in [0, 0.05) is 11.6 Å². The van der Waals surface area contributed by atoms with Gasteiger partial charge in [0.25, 0.3) is 0 Å². The monoisotopic (exact) mass is 383 g/mol. The molecule has 0 saturated carbocycles. The van der Waals surface area contributed by atoms with Crippen molar-refractivity contribution in [2.24, 2.45) is 10.2 Å². The standard InChI is InChI=1S/C20H21N3O3S/c1-14-6-4-5-7-16(14)12-23-19(24)13-27-20(23)22-21-11-15-8-9-17(25-2)10-18(15)26-3/h4-11H,12-13H2,1-3H3/b21-11+,22-20-. The lowest BCUT2D eigenvalue weighted by Gasteiger charge is -2.16. The highest BCUT2D eigenvalue weighted by molar-refractivity contribution is 8.15. The van der Waals surface area contributed by atoms with Crippen LogP contribution in [-0.4, -0.2) is 42.2 Å². The zero-order valence-corrected chi connectivity index (χ0v) is 16.3. The van der Waals surface area contributed by atoms with Crippen LogP contribution in [0.15, 0.2) is 52.7 Å². The van der Waals surface area contributed by atoms with Gasteiger partial charge in [0.2, 0.25) is 5.91 Å². The zero-order valence-electron chi connectivity index (χ0n) is 15.5. The fraction of sp³-hybridized carbons (Fsp3) is 0.250. The Morgan fingerprint density at radius 1 is 1.19 bits per heavy atom. The van der Waals surface area contributed by atoms with Gasteiger partial charge >= 0.3 is 0 Å². The molecule has 0 aromatic heterocycles. The van der Waals surface area contributed by atoms with Crippen molar-refractivity contribution in [3.05, 3.63) is 59.2 Å². The Morgan fingerprint density at radius 2 is 2.00 bits per heavy atom. The number of aryl methyl sites for hydroxylation is 1. The maximum Gasteiger partial charge on any atom is 0.239 e. The third-order valence-electron chi connectivity index (χ3n) is 4.23. The summed E-state index contributed by atoms with van der Waals surface area (Å²) < 4.78 is 10.5. The van der Waals surface area contributed by atoms with Crippen LogP contribution < -0.4 is 9.47 Å². The molecule has 0 spiro atoms. The molecule has 140 valence electrons. The van der Waals surface area contributed by atoms with Crippen LogP contribution in [0.3, 0.4) is 0 Å². The number of carbonyl (C=O) groups is 1. The molecule has 2 aromatic carbocycles. The van der Waals surface area contributed by atoms with Crippen molar-refractivity contribution in [2.75, 3.05) is 20.0 Å². The van der Waals surface area contributed by atoms with Gasteiger partial charge in [-0.1, -0.05) is 36.0 Å². The summed E-state index contributed by atoms with van der Waals surface area (Å²) in [4.78, 5) is 13.9. The number of thioether (sulfide) groups is 1. The minimum absolute atomic E-state index is 0.0410. The highest BCUT2D eigenvalue weighted by Crippen LogP contribution is 2.25. The summed E-state index contributed by atoms with van der Waals surface area (Å²) in [5.41, 5.74) is 3.03. The molecule has 6 nitrogen and oxygen atoms in total. The SMILES string of the molecule is COc1ccc(/C=N/N=C2\SCC(=O)N2Cc2ccccc2C)c(OC)c1. The highest BCUT2D eigenvalue weighted by Gasteiger charge is 2.28. The van der Waals surface area contributed by atoms with Crippen molar-refractivity contribution in [3.63, 3.8) is 0 Å². The van der Waals surface area contributed by atoms with Crippen LogP contribution >= 0.6 is 11.8 Å². The Balaban J connectivity index is 1.78. The second-order valence-corrected chi connectivity index (χ2v) is 6.87. The molecule has 0 radical (unpaired) electrons. The molecule has 1 aliphatic heterocycles. The predicted molar refractivity (Wildman–Crippen MR) is 109 cm³/mol. The molecule has 1 fully saturated rings. The Morgan fingerprint density at radius 3 is 2.74 bits per heavy atom. The molecule has 3 rings (SSSR count). The largest absolute Gasteiger partial charge is 0.497 e. The molecule has 0 bridgehead atoms. The molecule has 0 N–H and O–H groups in total. The van der Waals surface area contributed by atoms with E-state index in [1.54, 1.807) is 31.4 Å². The fourth-order valence-corrected chi connectivity index (χ4v) is 3.49. The summed E-state index contributed by atoms with van der Waals surface area (Å²) in [7, 11) is 3.19. The van der Waals surface area contributed by atoms with Gasteiger partial charge in [-0.2, -0.15) is 5.10 Å². The Bertz CT molecular complexity index is 896. The number of amidine groups is 1. The van der Waals surface area contributed by atoms with E-state index in [2.05, 4.69) is 10.2 Å². The van der Waals surface area contributed by atoms with Crippen molar-refractivity contribution in [1.29, 1.82) is 0 Å². The number of amides is 1. The van der Waals surface area contributed by atoms with Crippen LogP contribution in [0.4, 0.5) is 0 Å². The van der Waals surface area contributed by atoms with E-state index in [9.17, 15) is 4.79 Å². The first kappa shape index (κ1) is 19.0. The van der Waals surface area contributed by atoms with E-state index in [0.29, 0.717) is 29.0 Å². The van der Waals surface area contributed by atoms with Crippen molar-refractivity contribution < 1.29 is 14.3 Å². The lowest BCUT2D eigenvalue weighted by atomic mass is 10.1. The third-order valence-corrected chi connectivity index (χ3v) is 5.18. The van der Waals surface area contributed by atoms with E-state index in [-0.39, 0.29) is 5.91 Å². The number of carbonyl (C=O) groups excluding carboxylic acids is 1. The van der Waals surface area contributed by atoms with Crippen LogP contribution in [0, 0.1) is 6.92 Å². The summed E-state index contributed by atoms with van der Waals surface area (Å²) in [6.07, 6.45) is 1.61. The van der Waals surface area contributed by atoms with Gasteiger partial charge in [-0.3, -0.25) is 9.69 Å². The van der Waals surface area contributed by atoms with Gasteiger partial charge < -0.3 is 9.47 Å². The van der Waals surface area contributed by atoms with Crippen molar-refractivity contribution >= 4 is 29.1 Å². The molecule has 0 aliphatic carbocycles. The molecule has 1 amide bonds. The molecule has 2 aromatic rings. The summed E-state index contributed by atoms with van der Waals surface area (Å²) in [5.74, 6) is 1.77. The fourth-order valence-electron chi connectivity index (χ4n) is 2.65. The average molecular weight is 383 g/mol. The number of rotatable bonds is 6. The van der Waals surface area contributed by atoms with Gasteiger partial charge in [-0.25, -0.2) is 0 Å². The topological polar surface area (TPSA) is 63.5 Å². The Labute approximate surface area is 162 Å². The summed E-state index contributed by atoms with van der Waals surface area (Å²) >= 11 is 1.40. The number of hydrogen-bond donors (Lipinski definition) is 0. The second-order valence-electron chi connectivity index (χ2n) is 5.93. The number of ether oxygens (including phenoxy) is 2. The number of methoxy groups -OCH3 is 2. The van der Waals surface area contributed by atoms with Gasteiger partial charge in [-0.05, 0) is 30.2 Å². The van der Waals surface area contributed by atoms with Gasteiger partial charge in [0.1, 0.15) is 11.5 Å². The molecular formula is C20H21N3O3S. The summed E-state index contributed by atoms with van der Waals surface area (Å²) in [6, 6.07) is 13.5. The van der Waals surface area contributed by atoms with E-state index in [1.165, 1.54) is 11.8 Å². The van der Waals surface area contributed by atoms with Crippen molar-refractivity contribution in [2.45, 2.75) is 13.5 Å². The quantitative estimate of drug-likeness (QED) is 0.566. The van der Waals surface area contributed by atoms with Crippen LogP contribution in [-0.2, 0) is 11.3 Å². The van der Waals surface area contributed by atoms with Crippen LogP contribution in [0.1, 0.15) is 16.7 Å². The molecule has 0 unspecified atom stereocenters. The first-order valence-corrected chi connectivity index (χ1v) is 9.41. The van der Waals surface area contributed by atoms with Gasteiger partial charge in [-0.15, -0.1) is 5.10 Å². The van der Waals surface area contributed by atoms with E-state index in [1.807, 2.05) is 43.3 Å². The normalized spacial score (nSPS) is 15.7. The van der Waals surface area contributed by atoms with Crippen molar-refractivity contribution in [3.8, 4) is 11.5 Å². The van der Waals surface area contributed by atoms with E-state index < -0.39 is 0 Å². The molecule has 1 saturated heterocycles. The first-order chi connectivity index (χ1) is 13.1. The van der Waals surface area contributed by atoms with E-state index in [4.69, 9.17) is 9.47 Å². The molecule has 7 heteroatoms. The molecule has 1 heterocycles. The van der Waals surface area contributed by atoms with Gasteiger partial charge in [0.05, 0.1) is 32.7 Å². The lowest BCUT2D eigenvalue weighted by molar-refractivity contribution is -0.124. The molecule has 27 heavy (non-hydrogen) atoms. The van der Waals surface area contributed by atoms with Crippen molar-refractivity contribution in [1.82, 2.24) is 4.90 Å². The number of benzene rings is 2. The average Bonchev–Trinajstić information content (AvgIpc) is 3.03. The minimum Gasteiger partial charge on any atom is -0.497 e. The Kier molecular flexibility index (Phi) is 6.13. The summed E-state index contributed by atoms with van der Waals surface area (Å²) in [5, 5.41) is 9.03. The lowest BCUT2D eigenvalue weighted by Crippen LogP contribution is -2.29. The third kappa shape index (κ3) is 4.49. The van der Waals surface area contributed by atoms with Crippen LogP contribution in [0.5, 0.6) is 11.5 Å². The molecule has 0 atom stereocenters. The summed E-state index contributed by atoms with van der Waals surface area (Å²) in [6.45, 7) is 2.53. The smallest absolute Gasteiger partial charge is 0.239 e. The highest BCUT2D eigenvalue weighted by atomic mass is 32.2. The zero-order chi connectivity index (χ0) is 19.2. The van der Waals surface area contributed by atoms with Crippen LogP contribution in [0.25, 0.3) is 0 Å².